The van der Waals surface area contributed by atoms with E-state index in [0.29, 0.717) is 12.8 Å². The first kappa shape index (κ1) is 13.3. The number of fused-ring (bicyclic) bond motifs is 2. The summed E-state index contributed by atoms with van der Waals surface area (Å²) in [7, 11) is 0. The van der Waals surface area contributed by atoms with E-state index in [4.69, 9.17) is 0 Å². The van der Waals surface area contributed by atoms with Gasteiger partial charge in [-0.15, -0.1) is 0 Å². The van der Waals surface area contributed by atoms with Crippen LogP contribution in [0.25, 0.3) is 0 Å². The number of rotatable bonds is 1. The van der Waals surface area contributed by atoms with Gasteiger partial charge in [-0.2, -0.15) is 0 Å². The summed E-state index contributed by atoms with van der Waals surface area (Å²) in [4.78, 5) is 25.1. The maximum atomic E-state index is 12.9. The van der Waals surface area contributed by atoms with Crippen LogP contribution in [0.15, 0.2) is 42.5 Å². The Morgan fingerprint density at radius 3 is 2.50 bits per heavy atom. The Kier molecular flexibility index (Phi) is 2.93. The molecular weight excluding hydrogens is 248 g/mol. The Morgan fingerprint density at radius 1 is 1.20 bits per heavy atom. The van der Waals surface area contributed by atoms with E-state index < -0.39 is 5.41 Å². The number of ketones is 2. The van der Waals surface area contributed by atoms with Gasteiger partial charge in [0.1, 0.15) is 11.6 Å². The van der Waals surface area contributed by atoms with Crippen molar-refractivity contribution >= 4 is 11.6 Å². The van der Waals surface area contributed by atoms with Crippen LogP contribution in [0.1, 0.15) is 38.2 Å². The van der Waals surface area contributed by atoms with Crippen LogP contribution in [0.4, 0.5) is 0 Å². The molecule has 2 fully saturated rings. The minimum absolute atomic E-state index is 0.00653. The fourth-order valence-corrected chi connectivity index (χ4v) is 3.91. The first-order valence-corrected chi connectivity index (χ1v) is 7.28. The predicted octanol–water partition coefficient (Wildman–Crippen LogP) is 3.53. The molecule has 1 aromatic rings. The molecule has 2 aliphatic carbocycles. The van der Waals surface area contributed by atoms with Gasteiger partial charge in [0.05, 0.1) is 0 Å². The quantitative estimate of drug-likeness (QED) is 0.730. The number of carbonyl (C=O) groups excluding carboxylic acids is 2. The highest BCUT2D eigenvalue weighted by molar-refractivity contribution is 6.00. The van der Waals surface area contributed by atoms with Crippen LogP contribution < -0.4 is 0 Å². The van der Waals surface area contributed by atoms with Crippen molar-refractivity contribution in [2.75, 3.05) is 0 Å². The Hall–Kier alpha value is -1.70. The highest BCUT2D eigenvalue weighted by atomic mass is 16.1. The number of carbonyl (C=O) groups is 2. The van der Waals surface area contributed by atoms with Crippen molar-refractivity contribution in [1.82, 2.24) is 0 Å². The van der Waals surface area contributed by atoms with Crippen molar-refractivity contribution in [3.63, 3.8) is 0 Å². The Morgan fingerprint density at radius 2 is 1.85 bits per heavy atom. The van der Waals surface area contributed by atoms with E-state index in [-0.39, 0.29) is 29.3 Å². The lowest BCUT2D eigenvalue weighted by Crippen LogP contribution is -2.28. The highest BCUT2D eigenvalue weighted by Gasteiger charge is 2.57. The van der Waals surface area contributed by atoms with E-state index in [1.807, 2.05) is 44.2 Å². The molecule has 104 valence electrons. The molecule has 2 saturated carbocycles. The lowest BCUT2D eigenvalue weighted by Gasteiger charge is -2.27. The largest absolute Gasteiger partial charge is 0.299 e. The Bertz CT molecular complexity index is 587. The van der Waals surface area contributed by atoms with Crippen molar-refractivity contribution in [2.24, 2.45) is 17.3 Å². The molecular formula is C18H20O2. The van der Waals surface area contributed by atoms with Crippen LogP contribution >= 0.6 is 0 Å². The molecule has 0 N–H and O–H groups in total. The van der Waals surface area contributed by atoms with Crippen LogP contribution in [-0.2, 0) is 9.59 Å². The molecule has 2 heteroatoms. The molecule has 20 heavy (non-hydrogen) atoms. The van der Waals surface area contributed by atoms with E-state index in [1.54, 1.807) is 0 Å². The second-order valence-corrected chi connectivity index (χ2v) is 6.39. The molecule has 0 saturated heterocycles. The van der Waals surface area contributed by atoms with E-state index >= 15 is 0 Å². The number of hydrogen-bond acceptors (Lipinski definition) is 2. The summed E-state index contributed by atoms with van der Waals surface area (Å²) < 4.78 is 0. The minimum atomic E-state index is -0.522. The lowest BCUT2D eigenvalue weighted by molar-refractivity contribution is -0.131. The molecule has 3 rings (SSSR count). The molecule has 0 amide bonds. The zero-order chi connectivity index (χ0) is 14.5. The molecule has 2 aliphatic rings. The molecule has 1 aromatic carbocycles. The van der Waals surface area contributed by atoms with Gasteiger partial charge in [0, 0.05) is 29.6 Å². The van der Waals surface area contributed by atoms with Crippen molar-refractivity contribution in [1.29, 1.82) is 0 Å². The first-order chi connectivity index (χ1) is 9.47. The average molecular weight is 268 g/mol. The standard InChI is InChI=1S/C18H20O2/c1-11-14(19)9-10-18(3)12(2)16(15(11)17(18)20)13-7-5-4-6-8-13/h4-8,11,15-16H,2,9-10H2,1,3H3/t11-,15+,16+,18+/m0/s1. The maximum Gasteiger partial charge on any atom is 0.147 e. The fraction of sp³-hybridized carbons (Fsp3) is 0.444. The van der Waals surface area contributed by atoms with Crippen molar-refractivity contribution in [3.8, 4) is 0 Å². The number of hydrogen-bond donors (Lipinski definition) is 0. The normalized spacial score (nSPS) is 37.1. The SMILES string of the molecule is C=C1[C@H](c2ccccc2)[C@@H]2C(=O)[C@]1(C)CCC(=O)[C@@H]2C. The summed E-state index contributed by atoms with van der Waals surface area (Å²) in [6.07, 6.45) is 1.12. The molecule has 0 spiro atoms. The molecule has 4 atom stereocenters. The van der Waals surface area contributed by atoms with Crippen LogP contribution in [-0.4, -0.2) is 11.6 Å². The van der Waals surface area contributed by atoms with Gasteiger partial charge < -0.3 is 0 Å². The molecule has 0 aromatic heterocycles. The summed E-state index contributed by atoms with van der Waals surface area (Å²) in [5.74, 6) is 0.00170. The summed E-state index contributed by atoms with van der Waals surface area (Å²) in [5.41, 5.74) is 1.59. The highest BCUT2D eigenvalue weighted by Crippen LogP contribution is 2.57. The molecule has 2 nitrogen and oxygen atoms in total. The number of allylic oxidation sites excluding steroid dienone is 1. The summed E-state index contributed by atoms with van der Waals surface area (Å²) in [6, 6.07) is 10.0. The summed E-state index contributed by atoms with van der Waals surface area (Å²) in [5, 5.41) is 0. The number of benzene rings is 1. The molecule has 0 unspecified atom stereocenters. The van der Waals surface area contributed by atoms with E-state index in [1.165, 1.54) is 0 Å². The third kappa shape index (κ3) is 1.64. The van der Waals surface area contributed by atoms with Crippen LogP contribution in [0.3, 0.4) is 0 Å². The van der Waals surface area contributed by atoms with Gasteiger partial charge in [-0.3, -0.25) is 9.59 Å². The monoisotopic (exact) mass is 268 g/mol. The van der Waals surface area contributed by atoms with Gasteiger partial charge >= 0.3 is 0 Å². The molecule has 0 heterocycles. The van der Waals surface area contributed by atoms with E-state index in [0.717, 1.165) is 11.1 Å². The van der Waals surface area contributed by atoms with E-state index in [9.17, 15) is 9.59 Å². The molecule has 2 bridgehead atoms. The zero-order valence-electron chi connectivity index (χ0n) is 12.1. The smallest absolute Gasteiger partial charge is 0.147 e. The predicted molar refractivity (Wildman–Crippen MR) is 78.3 cm³/mol. The van der Waals surface area contributed by atoms with Crippen molar-refractivity contribution in [2.45, 2.75) is 32.6 Å². The van der Waals surface area contributed by atoms with Crippen LogP contribution in [0.5, 0.6) is 0 Å². The number of Topliss-reactive ketones (excluding diaryl/α,β-unsaturated/α-hetero) is 2. The fourth-order valence-electron chi connectivity index (χ4n) is 3.91. The maximum absolute atomic E-state index is 12.9. The molecule has 0 aliphatic heterocycles. The lowest BCUT2D eigenvalue weighted by atomic mass is 9.74. The minimum Gasteiger partial charge on any atom is -0.299 e. The average Bonchev–Trinajstić information content (AvgIpc) is 2.61. The van der Waals surface area contributed by atoms with Crippen molar-refractivity contribution < 1.29 is 9.59 Å². The molecule has 0 radical (unpaired) electrons. The van der Waals surface area contributed by atoms with Gasteiger partial charge in [-0.25, -0.2) is 0 Å². The second-order valence-electron chi connectivity index (χ2n) is 6.39. The van der Waals surface area contributed by atoms with Gasteiger partial charge in [0.2, 0.25) is 0 Å². The van der Waals surface area contributed by atoms with Crippen LogP contribution in [0, 0.1) is 17.3 Å². The Labute approximate surface area is 119 Å². The first-order valence-electron chi connectivity index (χ1n) is 7.28. The van der Waals surface area contributed by atoms with Gasteiger partial charge in [0.25, 0.3) is 0 Å². The Balaban J connectivity index is 2.14. The second kappa shape index (κ2) is 4.41. The third-order valence-corrected chi connectivity index (χ3v) is 5.37. The summed E-state index contributed by atoms with van der Waals surface area (Å²) >= 11 is 0. The third-order valence-electron chi connectivity index (χ3n) is 5.37. The zero-order valence-corrected chi connectivity index (χ0v) is 12.1. The summed E-state index contributed by atoms with van der Waals surface area (Å²) in [6.45, 7) is 8.12. The topological polar surface area (TPSA) is 34.1 Å². The van der Waals surface area contributed by atoms with Gasteiger partial charge in [-0.05, 0) is 18.9 Å². The van der Waals surface area contributed by atoms with Gasteiger partial charge in [0.15, 0.2) is 0 Å². The van der Waals surface area contributed by atoms with Crippen molar-refractivity contribution in [3.05, 3.63) is 48.0 Å². The van der Waals surface area contributed by atoms with E-state index in [2.05, 4.69) is 6.58 Å². The van der Waals surface area contributed by atoms with Crippen LogP contribution in [0.2, 0.25) is 0 Å². The van der Waals surface area contributed by atoms with Gasteiger partial charge in [-0.1, -0.05) is 49.4 Å².